The Hall–Kier alpha value is -0.975. The molecule has 0 aromatic carbocycles. The zero-order chi connectivity index (χ0) is 9.84. The SMILES string of the molecule is COC1=CNC(OC)C=C1B(O)O. The van der Waals surface area contributed by atoms with E-state index in [-0.39, 0.29) is 6.23 Å². The van der Waals surface area contributed by atoms with Gasteiger partial charge < -0.3 is 24.8 Å². The van der Waals surface area contributed by atoms with Crippen LogP contribution < -0.4 is 5.32 Å². The fourth-order valence-electron chi connectivity index (χ4n) is 1.06. The lowest BCUT2D eigenvalue weighted by Crippen LogP contribution is -2.32. The van der Waals surface area contributed by atoms with Crippen LogP contribution in [0.3, 0.4) is 0 Å². The van der Waals surface area contributed by atoms with Crippen molar-refractivity contribution in [1.82, 2.24) is 5.32 Å². The summed E-state index contributed by atoms with van der Waals surface area (Å²) in [6.45, 7) is 0. The van der Waals surface area contributed by atoms with Crippen LogP contribution >= 0.6 is 0 Å². The molecule has 13 heavy (non-hydrogen) atoms. The zero-order valence-corrected chi connectivity index (χ0v) is 7.52. The van der Waals surface area contributed by atoms with Gasteiger partial charge in [0.2, 0.25) is 0 Å². The minimum absolute atomic E-state index is 0.299. The Labute approximate surface area is 76.8 Å². The molecular weight excluding hydrogens is 173 g/mol. The van der Waals surface area contributed by atoms with Crippen molar-refractivity contribution >= 4 is 7.12 Å². The molecule has 1 aliphatic rings. The number of rotatable bonds is 3. The summed E-state index contributed by atoms with van der Waals surface area (Å²) in [7, 11) is 1.42. The van der Waals surface area contributed by atoms with Gasteiger partial charge in [-0.1, -0.05) is 0 Å². The number of hydrogen-bond donors (Lipinski definition) is 3. The Morgan fingerprint density at radius 3 is 2.62 bits per heavy atom. The van der Waals surface area contributed by atoms with E-state index in [1.165, 1.54) is 20.4 Å². The fourth-order valence-corrected chi connectivity index (χ4v) is 1.06. The molecular formula is C7H12BNO4. The molecule has 0 aromatic rings. The molecule has 0 aliphatic carbocycles. The van der Waals surface area contributed by atoms with Gasteiger partial charge in [-0.25, -0.2) is 0 Å². The van der Waals surface area contributed by atoms with Crippen LogP contribution in [0.1, 0.15) is 0 Å². The van der Waals surface area contributed by atoms with Crippen molar-refractivity contribution < 1.29 is 19.5 Å². The molecule has 1 heterocycles. The second-order valence-corrected chi connectivity index (χ2v) is 2.53. The summed E-state index contributed by atoms with van der Waals surface area (Å²) >= 11 is 0. The van der Waals surface area contributed by atoms with Crippen molar-refractivity contribution in [3.63, 3.8) is 0 Å². The number of dihydropyridines is 1. The molecule has 1 atom stereocenters. The Kier molecular flexibility index (Phi) is 3.35. The molecule has 1 unspecified atom stereocenters. The third-order valence-electron chi connectivity index (χ3n) is 1.75. The maximum absolute atomic E-state index is 8.98. The van der Waals surface area contributed by atoms with Crippen molar-refractivity contribution in [3.8, 4) is 0 Å². The van der Waals surface area contributed by atoms with Gasteiger partial charge in [-0.3, -0.25) is 0 Å². The van der Waals surface area contributed by atoms with Gasteiger partial charge in [0.05, 0.1) is 7.11 Å². The molecule has 0 aromatic heterocycles. The van der Waals surface area contributed by atoms with E-state index in [2.05, 4.69) is 5.32 Å². The van der Waals surface area contributed by atoms with E-state index in [0.717, 1.165) is 0 Å². The highest BCUT2D eigenvalue weighted by Gasteiger charge is 2.24. The lowest BCUT2D eigenvalue weighted by molar-refractivity contribution is 0.119. The van der Waals surface area contributed by atoms with E-state index in [1.807, 2.05) is 0 Å². The smallest absolute Gasteiger partial charge is 0.492 e. The van der Waals surface area contributed by atoms with Crippen LogP contribution in [0.4, 0.5) is 0 Å². The second kappa shape index (κ2) is 4.31. The minimum Gasteiger partial charge on any atom is -0.496 e. The highest BCUT2D eigenvalue weighted by atomic mass is 16.5. The van der Waals surface area contributed by atoms with Crippen molar-refractivity contribution in [1.29, 1.82) is 0 Å². The summed E-state index contributed by atoms with van der Waals surface area (Å²) < 4.78 is 9.87. The van der Waals surface area contributed by atoms with Gasteiger partial charge in [0, 0.05) is 18.8 Å². The average molecular weight is 185 g/mol. The summed E-state index contributed by atoms with van der Waals surface area (Å²) in [6.07, 6.45) is 2.72. The highest BCUT2D eigenvalue weighted by Crippen LogP contribution is 2.16. The quantitative estimate of drug-likeness (QED) is 0.491. The summed E-state index contributed by atoms with van der Waals surface area (Å²) in [5.74, 6) is 0.392. The topological polar surface area (TPSA) is 71.0 Å². The lowest BCUT2D eigenvalue weighted by Gasteiger charge is -2.21. The predicted molar refractivity (Wildman–Crippen MR) is 47.3 cm³/mol. The maximum Gasteiger partial charge on any atom is 0.492 e. The molecule has 6 heteroatoms. The number of allylic oxidation sites excluding steroid dienone is 1. The third kappa shape index (κ3) is 2.24. The zero-order valence-electron chi connectivity index (χ0n) is 7.52. The minimum atomic E-state index is -1.55. The van der Waals surface area contributed by atoms with E-state index >= 15 is 0 Å². The number of nitrogens with one attached hydrogen (secondary N) is 1. The first-order valence-corrected chi connectivity index (χ1v) is 3.80. The number of methoxy groups -OCH3 is 2. The van der Waals surface area contributed by atoms with E-state index in [9.17, 15) is 0 Å². The Morgan fingerprint density at radius 2 is 2.15 bits per heavy atom. The highest BCUT2D eigenvalue weighted by molar-refractivity contribution is 6.52. The Morgan fingerprint density at radius 1 is 1.46 bits per heavy atom. The Balaban J connectivity index is 2.81. The normalized spacial score (nSPS) is 21.4. The van der Waals surface area contributed by atoms with Gasteiger partial charge in [-0.2, -0.15) is 0 Å². The van der Waals surface area contributed by atoms with E-state index in [4.69, 9.17) is 19.5 Å². The maximum atomic E-state index is 8.98. The van der Waals surface area contributed by atoms with Crippen LogP contribution in [0.15, 0.2) is 23.5 Å². The summed E-state index contributed by atoms with van der Waals surface area (Å²) in [5, 5.41) is 20.8. The summed E-state index contributed by atoms with van der Waals surface area (Å²) in [6, 6.07) is 0. The first-order chi connectivity index (χ1) is 6.19. The Bertz CT molecular complexity index is 239. The molecule has 0 saturated carbocycles. The first-order valence-electron chi connectivity index (χ1n) is 3.80. The summed E-state index contributed by atoms with van der Waals surface area (Å²) in [5.41, 5.74) is 0.299. The lowest BCUT2D eigenvalue weighted by atomic mass is 9.77. The average Bonchev–Trinajstić information content (AvgIpc) is 2.16. The van der Waals surface area contributed by atoms with Crippen molar-refractivity contribution in [2.24, 2.45) is 0 Å². The molecule has 5 nitrogen and oxygen atoms in total. The standard InChI is InChI=1S/C7H12BNO4/c1-12-6-4-9-7(13-2)3-5(6)8(10)11/h3-4,7,9-11H,1-2H3. The van der Waals surface area contributed by atoms with Crippen molar-refractivity contribution in [2.45, 2.75) is 6.23 Å². The second-order valence-electron chi connectivity index (χ2n) is 2.53. The van der Waals surface area contributed by atoms with Crippen LogP contribution in [-0.2, 0) is 9.47 Å². The molecule has 0 fully saturated rings. The largest absolute Gasteiger partial charge is 0.496 e. The molecule has 0 bridgehead atoms. The van der Waals surface area contributed by atoms with Crippen molar-refractivity contribution in [2.75, 3.05) is 14.2 Å². The monoisotopic (exact) mass is 185 g/mol. The molecule has 0 saturated heterocycles. The van der Waals surface area contributed by atoms with Gasteiger partial charge in [-0.05, 0) is 6.08 Å². The molecule has 0 amide bonds. The van der Waals surface area contributed by atoms with E-state index in [0.29, 0.717) is 11.2 Å². The van der Waals surface area contributed by atoms with Gasteiger partial charge in [0.1, 0.15) is 12.0 Å². The predicted octanol–water partition coefficient (Wildman–Crippen LogP) is -1.01. The van der Waals surface area contributed by atoms with Gasteiger partial charge in [0.15, 0.2) is 0 Å². The fraction of sp³-hybridized carbons (Fsp3) is 0.429. The molecule has 0 radical (unpaired) electrons. The van der Waals surface area contributed by atoms with Crippen LogP contribution in [-0.4, -0.2) is 37.6 Å². The van der Waals surface area contributed by atoms with Crippen LogP contribution in [0.2, 0.25) is 0 Å². The molecule has 0 spiro atoms. The molecule has 72 valence electrons. The first kappa shape index (κ1) is 10.1. The molecule has 1 aliphatic heterocycles. The number of hydrogen-bond acceptors (Lipinski definition) is 5. The van der Waals surface area contributed by atoms with Crippen LogP contribution in [0, 0.1) is 0 Å². The third-order valence-corrected chi connectivity index (χ3v) is 1.75. The van der Waals surface area contributed by atoms with Gasteiger partial charge in [0.25, 0.3) is 0 Å². The van der Waals surface area contributed by atoms with Gasteiger partial charge in [-0.15, -0.1) is 0 Å². The van der Waals surface area contributed by atoms with E-state index in [1.54, 1.807) is 6.08 Å². The van der Waals surface area contributed by atoms with Crippen LogP contribution in [0.5, 0.6) is 0 Å². The molecule has 3 N–H and O–H groups in total. The van der Waals surface area contributed by atoms with E-state index < -0.39 is 7.12 Å². The summed E-state index contributed by atoms with van der Waals surface area (Å²) in [4.78, 5) is 0. The van der Waals surface area contributed by atoms with Gasteiger partial charge >= 0.3 is 7.12 Å². The van der Waals surface area contributed by atoms with Crippen LogP contribution in [0.25, 0.3) is 0 Å². The van der Waals surface area contributed by atoms with Crippen molar-refractivity contribution in [3.05, 3.63) is 23.5 Å². The number of ether oxygens (including phenoxy) is 2. The molecule has 1 rings (SSSR count).